The Morgan fingerprint density at radius 3 is 2.71 bits per heavy atom. The van der Waals surface area contributed by atoms with Gasteiger partial charge in [0.2, 0.25) is 0 Å². The first-order valence-corrected chi connectivity index (χ1v) is 11.1. The predicted molar refractivity (Wildman–Crippen MR) is 135 cm³/mol. The van der Waals surface area contributed by atoms with E-state index in [1.807, 2.05) is 24.3 Å². The van der Waals surface area contributed by atoms with Gasteiger partial charge in [-0.1, -0.05) is 36.7 Å². The molecular weight excluding hydrogens is 529 g/mol. The second-order valence-electron chi connectivity index (χ2n) is 7.21. The third-order valence-electron chi connectivity index (χ3n) is 5.07. The Labute approximate surface area is 206 Å². The van der Waals surface area contributed by atoms with Gasteiger partial charge in [-0.15, -0.1) is 34.2 Å². The van der Waals surface area contributed by atoms with Crippen molar-refractivity contribution in [2.24, 2.45) is 4.99 Å². The van der Waals surface area contributed by atoms with Crippen LogP contribution in [0.25, 0.3) is 0 Å². The smallest absolute Gasteiger partial charge is 0.191 e. The number of nitrogens with zero attached hydrogens (tertiary/aromatic N) is 5. The molecular formula is C21H33ClIN7O. The van der Waals surface area contributed by atoms with Crippen LogP contribution in [0.5, 0.6) is 0 Å². The number of halogens is 2. The molecule has 172 valence electrons. The van der Waals surface area contributed by atoms with Crippen LogP contribution in [0, 0.1) is 0 Å². The molecule has 1 aliphatic heterocycles. The number of aromatic nitrogens is 3. The molecule has 0 spiro atoms. The van der Waals surface area contributed by atoms with E-state index in [9.17, 15) is 0 Å². The lowest BCUT2D eigenvalue weighted by Gasteiger charge is -2.26. The summed E-state index contributed by atoms with van der Waals surface area (Å²) in [4.78, 5) is 7.18. The van der Waals surface area contributed by atoms with Crippen LogP contribution in [0.4, 0.5) is 0 Å². The van der Waals surface area contributed by atoms with Crippen LogP contribution in [0.15, 0.2) is 35.6 Å². The van der Waals surface area contributed by atoms with Gasteiger partial charge >= 0.3 is 0 Å². The van der Waals surface area contributed by atoms with Gasteiger partial charge in [0.15, 0.2) is 5.96 Å². The Balaban J connectivity index is 0.00000341. The first-order valence-electron chi connectivity index (χ1n) is 10.7. The van der Waals surface area contributed by atoms with E-state index in [1.165, 1.54) is 0 Å². The molecule has 0 unspecified atom stereocenters. The number of ether oxygens (including phenoxy) is 1. The van der Waals surface area contributed by atoms with Crippen LogP contribution >= 0.6 is 35.6 Å². The molecule has 2 aromatic rings. The molecule has 0 amide bonds. The Kier molecular flexibility index (Phi) is 12.2. The van der Waals surface area contributed by atoms with E-state index in [0.29, 0.717) is 6.54 Å². The number of hydrogen-bond donors (Lipinski definition) is 2. The summed E-state index contributed by atoms with van der Waals surface area (Å²) in [6, 6.07) is 7.82. The molecule has 2 heterocycles. The minimum atomic E-state index is 0. The van der Waals surface area contributed by atoms with Crippen molar-refractivity contribution < 1.29 is 4.74 Å². The average Bonchev–Trinajstić information content (AvgIpc) is 3.23. The molecule has 0 bridgehead atoms. The predicted octanol–water partition coefficient (Wildman–Crippen LogP) is 2.57. The molecule has 0 atom stereocenters. The van der Waals surface area contributed by atoms with E-state index in [2.05, 4.69) is 37.2 Å². The van der Waals surface area contributed by atoms with Crippen LogP contribution in [-0.2, 0) is 24.2 Å². The average molecular weight is 562 g/mol. The van der Waals surface area contributed by atoms with Crippen molar-refractivity contribution in [3.8, 4) is 0 Å². The maximum absolute atomic E-state index is 6.28. The topological polar surface area (TPSA) is 79.6 Å². The molecule has 1 aliphatic rings. The maximum atomic E-state index is 6.28. The first-order chi connectivity index (χ1) is 14.8. The van der Waals surface area contributed by atoms with Gasteiger partial charge in [-0.05, 0) is 24.6 Å². The molecule has 31 heavy (non-hydrogen) atoms. The van der Waals surface area contributed by atoms with Gasteiger partial charge in [0.05, 0.1) is 19.8 Å². The van der Waals surface area contributed by atoms with E-state index < -0.39 is 0 Å². The molecule has 0 saturated carbocycles. The number of nitrogens with one attached hydrogen (secondary N) is 2. The number of aryl methyl sites for hydroxylation is 1. The van der Waals surface area contributed by atoms with Crippen LogP contribution in [0.1, 0.15) is 24.7 Å². The van der Waals surface area contributed by atoms with Crippen LogP contribution in [0.2, 0.25) is 5.02 Å². The van der Waals surface area contributed by atoms with E-state index >= 15 is 0 Å². The standard InChI is InChI=1S/C21H32ClN7O.HI/c1-2-20-27-26-17-29(20)11-9-24-21(25-16-18-6-3-4-7-19(18)22)23-8-5-10-28-12-14-30-15-13-28;/h3-4,6-7,17H,2,5,8-16H2,1H3,(H2,23,24,25);1H. The fraction of sp³-hybridized carbons (Fsp3) is 0.571. The SMILES string of the molecule is CCc1nncn1CCNC(=NCc1ccccc1Cl)NCCCN1CCOCC1.I. The zero-order valence-corrected chi connectivity index (χ0v) is 21.2. The number of benzene rings is 1. The lowest BCUT2D eigenvalue weighted by molar-refractivity contribution is 0.0376. The number of hydrogen-bond acceptors (Lipinski definition) is 5. The second-order valence-corrected chi connectivity index (χ2v) is 7.62. The lowest BCUT2D eigenvalue weighted by Crippen LogP contribution is -2.41. The summed E-state index contributed by atoms with van der Waals surface area (Å²) in [6.07, 6.45) is 3.70. The Bertz CT molecular complexity index is 796. The van der Waals surface area contributed by atoms with E-state index in [-0.39, 0.29) is 24.0 Å². The summed E-state index contributed by atoms with van der Waals surface area (Å²) in [5.41, 5.74) is 1.01. The molecule has 1 saturated heterocycles. The molecule has 1 aromatic heterocycles. The summed E-state index contributed by atoms with van der Waals surface area (Å²) in [5.74, 6) is 1.79. The van der Waals surface area contributed by atoms with Gasteiger partial charge in [-0.25, -0.2) is 4.99 Å². The number of rotatable bonds is 10. The number of aliphatic imine (C=N–C) groups is 1. The molecule has 3 rings (SSSR count). The largest absolute Gasteiger partial charge is 0.379 e. The molecule has 1 aromatic carbocycles. The van der Waals surface area contributed by atoms with Gasteiger partial charge < -0.3 is 19.9 Å². The van der Waals surface area contributed by atoms with Gasteiger partial charge in [0.1, 0.15) is 12.2 Å². The molecule has 8 nitrogen and oxygen atoms in total. The third-order valence-corrected chi connectivity index (χ3v) is 5.44. The van der Waals surface area contributed by atoms with Crippen molar-refractivity contribution in [3.05, 3.63) is 47.0 Å². The fourth-order valence-electron chi connectivity index (χ4n) is 3.33. The van der Waals surface area contributed by atoms with Crippen LogP contribution in [0.3, 0.4) is 0 Å². The second kappa shape index (κ2) is 14.6. The quantitative estimate of drug-likeness (QED) is 0.201. The number of guanidine groups is 1. The Morgan fingerprint density at radius 1 is 1.16 bits per heavy atom. The highest BCUT2D eigenvalue weighted by Gasteiger charge is 2.09. The van der Waals surface area contributed by atoms with Crippen molar-refractivity contribution in [2.45, 2.75) is 32.9 Å². The van der Waals surface area contributed by atoms with Crippen molar-refractivity contribution in [1.82, 2.24) is 30.3 Å². The molecule has 0 radical (unpaired) electrons. The minimum absolute atomic E-state index is 0. The van der Waals surface area contributed by atoms with E-state index in [0.717, 1.165) is 87.7 Å². The van der Waals surface area contributed by atoms with Crippen molar-refractivity contribution in [2.75, 3.05) is 45.9 Å². The summed E-state index contributed by atoms with van der Waals surface area (Å²) in [7, 11) is 0. The summed E-state index contributed by atoms with van der Waals surface area (Å²) in [6.45, 7) is 9.78. The summed E-state index contributed by atoms with van der Waals surface area (Å²) >= 11 is 6.28. The molecule has 0 aliphatic carbocycles. The summed E-state index contributed by atoms with van der Waals surface area (Å²) in [5, 5.41) is 15.7. The zero-order chi connectivity index (χ0) is 21.0. The first kappa shape index (κ1) is 25.8. The highest BCUT2D eigenvalue weighted by Crippen LogP contribution is 2.15. The summed E-state index contributed by atoms with van der Waals surface area (Å²) < 4.78 is 7.48. The van der Waals surface area contributed by atoms with Crippen molar-refractivity contribution >= 4 is 41.5 Å². The molecule has 10 heteroatoms. The monoisotopic (exact) mass is 561 g/mol. The Hall–Kier alpha value is -1.43. The highest BCUT2D eigenvalue weighted by molar-refractivity contribution is 14.0. The zero-order valence-electron chi connectivity index (χ0n) is 18.1. The fourth-order valence-corrected chi connectivity index (χ4v) is 3.53. The molecule has 2 N–H and O–H groups in total. The van der Waals surface area contributed by atoms with Gasteiger partial charge in [-0.2, -0.15) is 0 Å². The van der Waals surface area contributed by atoms with Crippen LogP contribution in [-0.4, -0.2) is 71.6 Å². The lowest BCUT2D eigenvalue weighted by atomic mass is 10.2. The van der Waals surface area contributed by atoms with Gasteiger partial charge in [0.25, 0.3) is 0 Å². The normalized spacial score (nSPS) is 14.8. The number of morpholine rings is 1. The third kappa shape index (κ3) is 8.91. The van der Waals surface area contributed by atoms with Gasteiger partial charge in [-0.3, -0.25) is 4.90 Å². The highest BCUT2D eigenvalue weighted by atomic mass is 127. The minimum Gasteiger partial charge on any atom is -0.379 e. The van der Waals surface area contributed by atoms with Crippen molar-refractivity contribution in [3.63, 3.8) is 0 Å². The van der Waals surface area contributed by atoms with Crippen LogP contribution < -0.4 is 10.6 Å². The molecule has 1 fully saturated rings. The van der Waals surface area contributed by atoms with Crippen molar-refractivity contribution in [1.29, 1.82) is 0 Å². The Morgan fingerprint density at radius 2 is 1.94 bits per heavy atom. The maximum Gasteiger partial charge on any atom is 0.191 e. The van der Waals surface area contributed by atoms with Gasteiger partial charge in [0, 0.05) is 44.2 Å². The van der Waals surface area contributed by atoms with E-state index in [4.69, 9.17) is 21.3 Å². The van der Waals surface area contributed by atoms with E-state index in [1.54, 1.807) is 6.33 Å².